The second kappa shape index (κ2) is 5.33. The molecule has 0 aliphatic heterocycles. The zero-order chi connectivity index (χ0) is 15.8. The van der Waals surface area contributed by atoms with Gasteiger partial charge in [-0.15, -0.1) is 11.3 Å². The van der Waals surface area contributed by atoms with Gasteiger partial charge in [-0.3, -0.25) is 10.1 Å². The lowest BCUT2D eigenvalue weighted by molar-refractivity contribution is 0.102. The second-order valence-electron chi connectivity index (χ2n) is 4.90. The number of imidazole rings is 1. The third kappa shape index (κ3) is 2.49. The van der Waals surface area contributed by atoms with Gasteiger partial charge in [0, 0.05) is 17.6 Å². The summed E-state index contributed by atoms with van der Waals surface area (Å²) in [6.07, 6.45) is 1.64. The van der Waals surface area contributed by atoms with E-state index in [1.807, 2.05) is 13.0 Å². The van der Waals surface area contributed by atoms with Gasteiger partial charge in [-0.25, -0.2) is 9.97 Å². The molecule has 1 amide bonds. The highest BCUT2D eigenvalue weighted by atomic mass is 32.1. The third-order valence-electron chi connectivity index (χ3n) is 3.28. The fourth-order valence-corrected chi connectivity index (χ4v) is 2.79. The number of hydrogen-bond acceptors (Lipinski definition) is 6. The van der Waals surface area contributed by atoms with E-state index >= 15 is 0 Å². The van der Waals surface area contributed by atoms with E-state index in [-0.39, 0.29) is 5.91 Å². The van der Waals surface area contributed by atoms with Gasteiger partial charge in [-0.2, -0.15) is 0 Å². The molecule has 0 saturated heterocycles. The largest absolute Gasteiger partial charge is 0.361 e. The van der Waals surface area contributed by atoms with Gasteiger partial charge in [0.05, 0.1) is 11.1 Å². The molecule has 8 heteroatoms. The van der Waals surface area contributed by atoms with Gasteiger partial charge >= 0.3 is 0 Å². The predicted octanol–water partition coefficient (Wildman–Crippen LogP) is 3.24. The van der Waals surface area contributed by atoms with Crippen LogP contribution in [0, 0.1) is 6.92 Å². The van der Waals surface area contributed by atoms with E-state index in [4.69, 9.17) is 4.52 Å². The lowest BCUT2D eigenvalue weighted by Gasteiger charge is -2.02. The number of amides is 1. The fraction of sp³-hybridized carbons (Fsp3) is 0.0667. The molecule has 114 valence electrons. The Bertz CT molecular complexity index is 987. The number of para-hydroxylation sites is 1. The molecule has 0 fully saturated rings. The number of H-pyrrole nitrogens is 1. The molecule has 3 heterocycles. The Morgan fingerprint density at radius 2 is 2.30 bits per heavy atom. The zero-order valence-electron chi connectivity index (χ0n) is 12.0. The predicted molar refractivity (Wildman–Crippen MR) is 86.4 cm³/mol. The topological polar surface area (TPSA) is 96.7 Å². The van der Waals surface area contributed by atoms with E-state index in [9.17, 15) is 4.79 Å². The van der Waals surface area contributed by atoms with Crippen molar-refractivity contribution < 1.29 is 9.32 Å². The molecule has 0 radical (unpaired) electrons. The van der Waals surface area contributed by atoms with E-state index in [1.165, 1.54) is 11.3 Å². The number of carbonyl (C=O) groups excluding carboxylic acids is 1. The van der Waals surface area contributed by atoms with Crippen LogP contribution in [0.25, 0.3) is 22.6 Å². The first-order valence-corrected chi connectivity index (χ1v) is 7.72. The Balaban J connectivity index is 1.75. The highest BCUT2D eigenvalue weighted by Gasteiger charge is 2.16. The van der Waals surface area contributed by atoms with Gasteiger partial charge < -0.3 is 9.51 Å². The summed E-state index contributed by atoms with van der Waals surface area (Å²) in [5.41, 5.74) is 2.41. The van der Waals surface area contributed by atoms with Crippen LogP contribution in [0.4, 0.5) is 5.13 Å². The van der Waals surface area contributed by atoms with Crippen LogP contribution in [-0.2, 0) is 0 Å². The maximum absolute atomic E-state index is 12.4. The van der Waals surface area contributed by atoms with Crippen molar-refractivity contribution in [1.29, 1.82) is 0 Å². The molecule has 0 aliphatic rings. The molecule has 0 aliphatic carbocycles. The van der Waals surface area contributed by atoms with Crippen LogP contribution in [0.15, 0.2) is 40.4 Å². The van der Waals surface area contributed by atoms with Crippen molar-refractivity contribution in [2.24, 2.45) is 0 Å². The number of aryl methyl sites for hydroxylation is 1. The minimum Gasteiger partial charge on any atom is -0.361 e. The number of fused-ring (bicyclic) bond motifs is 1. The van der Waals surface area contributed by atoms with Crippen molar-refractivity contribution in [3.8, 4) is 11.5 Å². The van der Waals surface area contributed by atoms with E-state index in [2.05, 4.69) is 25.4 Å². The Morgan fingerprint density at radius 3 is 3.04 bits per heavy atom. The molecule has 23 heavy (non-hydrogen) atoms. The van der Waals surface area contributed by atoms with Crippen molar-refractivity contribution in [3.63, 3.8) is 0 Å². The number of aromatic nitrogens is 4. The molecule has 7 nitrogen and oxygen atoms in total. The number of nitrogens with one attached hydrogen (secondary N) is 2. The van der Waals surface area contributed by atoms with Gasteiger partial charge in [0.2, 0.25) is 0 Å². The summed E-state index contributed by atoms with van der Waals surface area (Å²) in [6, 6.07) is 7.17. The van der Waals surface area contributed by atoms with Crippen LogP contribution < -0.4 is 5.32 Å². The minimum atomic E-state index is -0.250. The van der Waals surface area contributed by atoms with E-state index in [1.54, 1.807) is 29.8 Å². The van der Waals surface area contributed by atoms with Gasteiger partial charge in [-0.1, -0.05) is 11.2 Å². The molecular formula is C15H11N5O2S. The minimum absolute atomic E-state index is 0.250. The first-order valence-electron chi connectivity index (χ1n) is 6.84. The molecule has 0 bridgehead atoms. The van der Waals surface area contributed by atoms with Crippen molar-refractivity contribution in [3.05, 3.63) is 47.2 Å². The quantitative estimate of drug-likeness (QED) is 0.603. The lowest BCUT2D eigenvalue weighted by Crippen LogP contribution is -2.12. The summed E-state index contributed by atoms with van der Waals surface area (Å²) in [5.74, 6) is 1.01. The number of nitrogens with zero attached hydrogens (tertiary/aromatic N) is 3. The Hall–Kier alpha value is -3.00. The number of carbonyl (C=O) groups is 1. The van der Waals surface area contributed by atoms with Gasteiger partial charge in [0.1, 0.15) is 17.0 Å². The summed E-state index contributed by atoms with van der Waals surface area (Å²) in [5, 5.41) is 9.06. The zero-order valence-corrected chi connectivity index (χ0v) is 12.8. The van der Waals surface area contributed by atoms with Crippen LogP contribution in [0.3, 0.4) is 0 Å². The molecule has 0 spiro atoms. The van der Waals surface area contributed by atoms with Crippen molar-refractivity contribution in [2.75, 3.05) is 5.32 Å². The van der Waals surface area contributed by atoms with Crippen molar-refractivity contribution >= 4 is 33.4 Å². The summed E-state index contributed by atoms with van der Waals surface area (Å²) in [7, 11) is 0. The summed E-state index contributed by atoms with van der Waals surface area (Å²) >= 11 is 1.36. The molecular weight excluding hydrogens is 314 g/mol. The van der Waals surface area contributed by atoms with E-state index < -0.39 is 0 Å². The SMILES string of the molecule is Cc1cc(-c2nc3c(C(=O)Nc4nccs4)cccc3[nH]2)no1. The van der Waals surface area contributed by atoms with Crippen LogP contribution in [-0.4, -0.2) is 26.0 Å². The van der Waals surface area contributed by atoms with E-state index in [0.29, 0.717) is 33.5 Å². The van der Waals surface area contributed by atoms with Crippen LogP contribution in [0.2, 0.25) is 0 Å². The molecule has 2 N–H and O–H groups in total. The average molecular weight is 325 g/mol. The molecule has 0 saturated carbocycles. The molecule has 1 aromatic carbocycles. The standard InChI is InChI=1S/C15H11N5O2S/c1-8-7-11(20-22-8)13-17-10-4-2-3-9(12(10)18-13)14(21)19-15-16-5-6-23-15/h2-7H,1H3,(H,17,18)(H,16,19,21). The molecule has 0 atom stereocenters. The van der Waals surface area contributed by atoms with Gasteiger partial charge in [0.15, 0.2) is 11.0 Å². The van der Waals surface area contributed by atoms with E-state index in [0.717, 1.165) is 5.52 Å². The van der Waals surface area contributed by atoms with Crippen molar-refractivity contribution in [2.45, 2.75) is 6.92 Å². The van der Waals surface area contributed by atoms with Gasteiger partial charge in [0.25, 0.3) is 5.91 Å². The van der Waals surface area contributed by atoms with Crippen LogP contribution in [0.5, 0.6) is 0 Å². The first-order chi connectivity index (χ1) is 11.2. The lowest BCUT2D eigenvalue weighted by atomic mass is 10.2. The molecule has 0 unspecified atom stereocenters. The summed E-state index contributed by atoms with van der Waals surface area (Å²) in [6.45, 7) is 1.81. The monoisotopic (exact) mass is 325 g/mol. The Morgan fingerprint density at radius 1 is 1.39 bits per heavy atom. The molecule has 4 aromatic rings. The van der Waals surface area contributed by atoms with Gasteiger partial charge in [-0.05, 0) is 19.1 Å². The maximum atomic E-state index is 12.4. The molecule has 4 rings (SSSR count). The average Bonchev–Trinajstić information content (AvgIpc) is 3.25. The Kier molecular flexibility index (Phi) is 3.16. The van der Waals surface area contributed by atoms with Crippen LogP contribution in [0.1, 0.15) is 16.1 Å². The number of aromatic amines is 1. The normalized spacial score (nSPS) is 11.0. The summed E-state index contributed by atoms with van der Waals surface area (Å²) < 4.78 is 5.07. The third-order valence-corrected chi connectivity index (χ3v) is 3.97. The Labute approximate surface area is 134 Å². The van der Waals surface area contributed by atoms with Crippen LogP contribution >= 0.6 is 11.3 Å². The smallest absolute Gasteiger partial charge is 0.259 e. The number of benzene rings is 1. The first kappa shape index (κ1) is 13.6. The highest BCUT2D eigenvalue weighted by Crippen LogP contribution is 2.23. The maximum Gasteiger partial charge on any atom is 0.259 e. The number of anilines is 1. The highest BCUT2D eigenvalue weighted by molar-refractivity contribution is 7.13. The van der Waals surface area contributed by atoms with Crippen molar-refractivity contribution in [1.82, 2.24) is 20.1 Å². The second-order valence-corrected chi connectivity index (χ2v) is 5.80. The number of hydrogen-bond donors (Lipinski definition) is 2. The summed E-state index contributed by atoms with van der Waals surface area (Å²) in [4.78, 5) is 24.1. The number of thiazole rings is 1. The molecule has 3 aromatic heterocycles. The fourth-order valence-electron chi connectivity index (χ4n) is 2.26. The number of rotatable bonds is 3.